The highest BCUT2D eigenvalue weighted by Gasteiger charge is 2.16. The molecule has 19 heavy (non-hydrogen) atoms. The summed E-state index contributed by atoms with van der Waals surface area (Å²) in [5.74, 6) is 1.03. The number of aryl methyl sites for hydroxylation is 1. The summed E-state index contributed by atoms with van der Waals surface area (Å²) in [5.41, 5.74) is 0.933. The Morgan fingerprint density at radius 1 is 1.53 bits per heavy atom. The number of imidazole rings is 1. The van der Waals surface area contributed by atoms with Crippen molar-refractivity contribution in [3.8, 4) is 0 Å². The van der Waals surface area contributed by atoms with Crippen LogP contribution in [0, 0.1) is 6.92 Å². The van der Waals surface area contributed by atoms with Gasteiger partial charge in [-0.2, -0.15) is 5.10 Å². The molecule has 0 bridgehead atoms. The van der Waals surface area contributed by atoms with E-state index in [1.807, 2.05) is 30.7 Å². The first-order valence-corrected chi connectivity index (χ1v) is 6.29. The molecule has 2 heterocycles. The van der Waals surface area contributed by atoms with Crippen molar-refractivity contribution in [3.05, 3.63) is 36.2 Å². The van der Waals surface area contributed by atoms with Crippen molar-refractivity contribution in [3.63, 3.8) is 0 Å². The number of nitrogens with one attached hydrogen (secondary N) is 1. The number of carbonyl (C=O) groups excluding carboxylic acids is 1. The van der Waals surface area contributed by atoms with E-state index < -0.39 is 0 Å². The highest BCUT2D eigenvalue weighted by atomic mass is 16.2. The van der Waals surface area contributed by atoms with Crippen molar-refractivity contribution >= 4 is 5.91 Å². The van der Waals surface area contributed by atoms with Crippen LogP contribution in [0.5, 0.6) is 0 Å². The lowest BCUT2D eigenvalue weighted by atomic mass is 10.2. The van der Waals surface area contributed by atoms with Gasteiger partial charge < -0.3 is 9.47 Å². The molecule has 0 saturated heterocycles. The molecule has 6 nitrogen and oxygen atoms in total. The van der Waals surface area contributed by atoms with Crippen molar-refractivity contribution in [1.82, 2.24) is 24.6 Å². The lowest BCUT2D eigenvalue weighted by Crippen LogP contribution is -2.28. The third-order valence-electron chi connectivity index (χ3n) is 3.20. The fourth-order valence-corrected chi connectivity index (χ4v) is 2.08. The van der Waals surface area contributed by atoms with Gasteiger partial charge in [0, 0.05) is 38.1 Å². The minimum Gasteiger partial charge on any atom is -0.340 e. The van der Waals surface area contributed by atoms with E-state index in [9.17, 15) is 4.79 Å². The molecule has 0 spiro atoms. The van der Waals surface area contributed by atoms with Crippen LogP contribution < -0.4 is 0 Å². The first-order valence-electron chi connectivity index (χ1n) is 6.29. The number of nitrogens with zero attached hydrogens (tertiary/aromatic N) is 4. The number of aromatic amines is 1. The van der Waals surface area contributed by atoms with Crippen molar-refractivity contribution in [1.29, 1.82) is 0 Å². The maximum atomic E-state index is 12.1. The van der Waals surface area contributed by atoms with Gasteiger partial charge >= 0.3 is 0 Å². The number of carbonyl (C=O) groups is 1. The quantitative estimate of drug-likeness (QED) is 0.887. The van der Waals surface area contributed by atoms with Crippen LogP contribution in [0.4, 0.5) is 0 Å². The predicted molar refractivity (Wildman–Crippen MR) is 71.4 cm³/mol. The second-order valence-electron chi connectivity index (χ2n) is 4.77. The average Bonchev–Trinajstić information content (AvgIpc) is 3.00. The van der Waals surface area contributed by atoms with Gasteiger partial charge in [-0.15, -0.1) is 0 Å². The van der Waals surface area contributed by atoms with Gasteiger partial charge in [0.2, 0.25) is 5.91 Å². The smallest absolute Gasteiger partial charge is 0.224 e. The predicted octanol–water partition coefficient (Wildman–Crippen LogP) is 1.52. The Morgan fingerprint density at radius 2 is 2.32 bits per heavy atom. The molecule has 1 N–H and O–H groups in total. The number of H-pyrrole nitrogens is 1. The van der Waals surface area contributed by atoms with E-state index in [4.69, 9.17) is 0 Å². The molecule has 0 aliphatic heterocycles. The molecular weight excluding hydrogens is 242 g/mol. The van der Waals surface area contributed by atoms with Crippen LogP contribution in [0.3, 0.4) is 0 Å². The summed E-state index contributed by atoms with van der Waals surface area (Å²) in [4.78, 5) is 18.0. The summed E-state index contributed by atoms with van der Waals surface area (Å²) in [6.07, 6.45) is 5.81. The molecule has 0 aromatic carbocycles. The number of amides is 1. The van der Waals surface area contributed by atoms with E-state index in [1.54, 1.807) is 24.3 Å². The summed E-state index contributed by atoms with van der Waals surface area (Å²) in [6.45, 7) is 4.51. The minimum atomic E-state index is 0.107. The molecule has 1 amide bonds. The monoisotopic (exact) mass is 261 g/mol. The first-order chi connectivity index (χ1) is 9.08. The van der Waals surface area contributed by atoms with E-state index in [2.05, 4.69) is 15.2 Å². The largest absolute Gasteiger partial charge is 0.340 e. The van der Waals surface area contributed by atoms with Crippen LogP contribution in [-0.2, 0) is 11.3 Å². The van der Waals surface area contributed by atoms with Gasteiger partial charge in [0.05, 0.1) is 12.2 Å². The molecule has 2 aromatic rings. The summed E-state index contributed by atoms with van der Waals surface area (Å²) in [5, 5.41) is 6.73. The topological polar surface area (TPSA) is 66.8 Å². The Bertz CT molecular complexity index is 531. The van der Waals surface area contributed by atoms with Crippen LogP contribution in [0.1, 0.15) is 30.9 Å². The second-order valence-corrected chi connectivity index (χ2v) is 4.77. The van der Waals surface area contributed by atoms with Gasteiger partial charge in [0.15, 0.2) is 0 Å². The lowest BCUT2D eigenvalue weighted by molar-refractivity contribution is -0.131. The molecule has 0 aliphatic carbocycles. The molecule has 2 rings (SSSR count). The fourth-order valence-electron chi connectivity index (χ4n) is 2.08. The third kappa shape index (κ3) is 3.21. The lowest BCUT2D eigenvalue weighted by Gasteiger charge is -2.20. The molecule has 1 atom stereocenters. The zero-order valence-corrected chi connectivity index (χ0v) is 11.5. The molecule has 1 unspecified atom stereocenters. The summed E-state index contributed by atoms with van der Waals surface area (Å²) >= 11 is 0. The molecule has 6 heteroatoms. The summed E-state index contributed by atoms with van der Waals surface area (Å²) < 4.78 is 2.02. The van der Waals surface area contributed by atoms with E-state index in [1.165, 1.54) is 0 Å². The van der Waals surface area contributed by atoms with Gasteiger partial charge in [0.1, 0.15) is 5.82 Å². The SMILES string of the molecule is Cc1nccn1C(C)CC(=O)N(C)Cc1ccn[nH]1. The Balaban J connectivity index is 1.92. The summed E-state index contributed by atoms with van der Waals surface area (Å²) in [7, 11) is 1.80. The van der Waals surface area contributed by atoms with Crippen molar-refractivity contribution in [2.75, 3.05) is 7.05 Å². The third-order valence-corrected chi connectivity index (χ3v) is 3.20. The van der Waals surface area contributed by atoms with Crippen LogP contribution in [0.15, 0.2) is 24.7 Å². The zero-order valence-electron chi connectivity index (χ0n) is 11.5. The van der Waals surface area contributed by atoms with E-state index in [0.29, 0.717) is 13.0 Å². The molecule has 0 radical (unpaired) electrons. The average molecular weight is 261 g/mol. The maximum absolute atomic E-state index is 12.1. The van der Waals surface area contributed by atoms with E-state index in [0.717, 1.165) is 11.5 Å². The Hall–Kier alpha value is -2.11. The van der Waals surface area contributed by atoms with Crippen LogP contribution in [-0.4, -0.2) is 37.6 Å². The number of rotatable bonds is 5. The fraction of sp³-hybridized carbons (Fsp3) is 0.462. The van der Waals surface area contributed by atoms with Gasteiger partial charge in [-0.05, 0) is 19.9 Å². The van der Waals surface area contributed by atoms with Gasteiger partial charge in [0.25, 0.3) is 0 Å². The molecular formula is C13H19N5O. The normalized spacial score (nSPS) is 12.4. The minimum absolute atomic E-state index is 0.107. The van der Waals surface area contributed by atoms with E-state index >= 15 is 0 Å². The Labute approximate surface area is 112 Å². The highest BCUT2D eigenvalue weighted by molar-refractivity contribution is 5.76. The number of hydrogen-bond donors (Lipinski definition) is 1. The van der Waals surface area contributed by atoms with Crippen LogP contribution in [0.2, 0.25) is 0 Å². The van der Waals surface area contributed by atoms with Crippen molar-refractivity contribution < 1.29 is 4.79 Å². The Kier molecular flexibility index (Phi) is 3.99. The first kappa shape index (κ1) is 13.3. The van der Waals surface area contributed by atoms with Gasteiger partial charge in [-0.3, -0.25) is 9.89 Å². The van der Waals surface area contributed by atoms with E-state index in [-0.39, 0.29) is 11.9 Å². The Morgan fingerprint density at radius 3 is 2.89 bits per heavy atom. The van der Waals surface area contributed by atoms with Gasteiger partial charge in [-0.25, -0.2) is 4.98 Å². The number of aromatic nitrogens is 4. The molecule has 0 fully saturated rings. The van der Waals surface area contributed by atoms with Crippen LogP contribution >= 0.6 is 0 Å². The molecule has 102 valence electrons. The molecule has 0 saturated carbocycles. The molecule has 2 aromatic heterocycles. The maximum Gasteiger partial charge on any atom is 0.224 e. The number of hydrogen-bond acceptors (Lipinski definition) is 3. The summed E-state index contributed by atoms with van der Waals surface area (Å²) in [6, 6.07) is 1.98. The highest BCUT2D eigenvalue weighted by Crippen LogP contribution is 2.14. The van der Waals surface area contributed by atoms with Crippen molar-refractivity contribution in [2.45, 2.75) is 32.9 Å². The second kappa shape index (κ2) is 5.69. The standard InChI is InChI=1S/C13H19N5O/c1-10(18-7-6-14-11(18)2)8-13(19)17(3)9-12-4-5-15-16-12/h4-7,10H,8-9H2,1-3H3,(H,15,16). The molecule has 0 aliphatic rings. The van der Waals surface area contributed by atoms with Crippen molar-refractivity contribution in [2.24, 2.45) is 0 Å². The van der Waals surface area contributed by atoms with Crippen LogP contribution in [0.25, 0.3) is 0 Å². The van der Waals surface area contributed by atoms with Gasteiger partial charge in [-0.1, -0.05) is 0 Å². The zero-order chi connectivity index (χ0) is 13.8.